The van der Waals surface area contributed by atoms with E-state index >= 15 is 0 Å². The van der Waals surface area contributed by atoms with E-state index in [0.717, 1.165) is 31.1 Å². The smallest absolute Gasteiger partial charge is 0.348 e. The quantitative estimate of drug-likeness (QED) is 0.459. The lowest BCUT2D eigenvalue weighted by molar-refractivity contribution is -0.144. The fourth-order valence-corrected chi connectivity index (χ4v) is 1.81. The Kier molecular flexibility index (Phi) is 5.01. The van der Waals surface area contributed by atoms with Gasteiger partial charge in [-0.1, -0.05) is 26.0 Å². The van der Waals surface area contributed by atoms with Gasteiger partial charge in [-0.3, -0.25) is 4.79 Å². The molecule has 0 aliphatic carbocycles. The maximum absolute atomic E-state index is 13.5. The van der Waals surface area contributed by atoms with Crippen molar-refractivity contribution in [2.75, 3.05) is 7.11 Å². The van der Waals surface area contributed by atoms with Gasteiger partial charge in [0.1, 0.15) is 0 Å². The van der Waals surface area contributed by atoms with Crippen molar-refractivity contribution in [1.29, 1.82) is 0 Å². The van der Waals surface area contributed by atoms with Crippen LogP contribution in [0, 0.1) is 0 Å². The molecule has 0 heterocycles. The highest BCUT2D eigenvalue weighted by Gasteiger charge is 2.28. The Bertz CT molecular complexity index is 454. The predicted octanol–water partition coefficient (Wildman–Crippen LogP) is 2.51. The van der Waals surface area contributed by atoms with Crippen molar-refractivity contribution in [3.05, 3.63) is 34.9 Å². The molecule has 0 saturated heterocycles. The van der Waals surface area contributed by atoms with E-state index in [4.69, 9.17) is 0 Å². The highest BCUT2D eigenvalue weighted by Crippen LogP contribution is 2.16. The summed E-state index contributed by atoms with van der Waals surface area (Å²) < 4.78 is 17.7. The van der Waals surface area contributed by atoms with E-state index in [-0.39, 0.29) is 5.56 Å². The van der Waals surface area contributed by atoms with Crippen molar-refractivity contribution in [1.82, 2.24) is 0 Å². The molecule has 0 fully saturated rings. The first-order valence-electron chi connectivity index (χ1n) is 5.93. The van der Waals surface area contributed by atoms with Crippen LogP contribution in [-0.2, 0) is 22.4 Å². The molecule has 0 aromatic heterocycles. The minimum Gasteiger partial charge on any atom is -0.467 e. The minimum absolute atomic E-state index is 0.210. The normalized spacial score (nSPS) is 12.0. The first kappa shape index (κ1) is 14.4. The lowest BCUT2D eigenvalue weighted by Gasteiger charge is -2.09. The fraction of sp³-hybridized carbons (Fsp3) is 0.429. The number of carbonyl (C=O) groups excluding carboxylic acids is 2. The first-order chi connectivity index (χ1) is 8.54. The molecule has 18 heavy (non-hydrogen) atoms. The largest absolute Gasteiger partial charge is 0.467 e. The number of Topliss-reactive ketones (excluding diaryl/α,β-unsaturated/α-hetero) is 1. The Morgan fingerprint density at radius 3 is 2.33 bits per heavy atom. The molecule has 0 bridgehead atoms. The first-order valence-corrected chi connectivity index (χ1v) is 5.93. The average molecular weight is 252 g/mol. The molecule has 0 N–H and O–H groups in total. The Morgan fingerprint density at radius 1 is 1.22 bits per heavy atom. The van der Waals surface area contributed by atoms with Gasteiger partial charge < -0.3 is 4.74 Å². The summed E-state index contributed by atoms with van der Waals surface area (Å²) in [6, 6.07) is 5.00. The van der Waals surface area contributed by atoms with Crippen molar-refractivity contribution in [3.63, 3.8) is 0 Å². The van der Waals surface area contributed by atoms with Crippen LogP contribution in [0.15, 0.2) is 18.2 Å². The summed E-state index contributed by atoms with van der Waals surface area (Å²) in [5.41, 5.74) is 2.34. The number of rotatable bonds is 5. The zero-order valence-electron chi connectivity index (χ0n) is 10.8. The zero-order valence-corrected chi connectivity index (χ0v) is 10.8. The molecule has 0 saturated carbocycles. The standard InChI is InChI=1S/C14H17FO3/c1-4-9-6-7-11(8-10(9)5-2)13(16)12(15)14(17)18-3/h6-8,12H,4-5H2,1-3H3. The van der Waals surface area contributed by atoms with Crippen LogP contribution in [0.5, 0.6) is 0 Å². The van der Waals surface area contributed by atoms with Gasteiger partial charge in [-0.15, -0.1) is 0 Å². The van der Waals surface area contributed by atoms with Gasteiger partial charge in [0.25, 0.3) is 6.17 Å². The van der Waals surface area contributed by atoms with Gasteiger partial charge in [0, 0.05) is 5.56 Å². The van der Waals surface area contributed by atoms with Gasteiger partial charge in [0.05, 0.1) is 7.11 Å². The number of methoxy groups -OCH3 is 1. The van der Waals surface area contributed by atoms with Crippen LogP contribution in [-0.4, -0.2) is 25.0 Å². The van der Waals surface area contributed by atoms with E-state index in [1.54, 1.807) is 18.2 Å². The summed E-state index contributed by atoms with van der Waals surface area (Å²) in [6.07, 6.45) is -0.625. The Balaban J connectivity index is 3.03. The Labute approximate surface area is 106 Å². The van der Waals surface area contributed by atoms with Crippen LogP contribution in [0.2, 0.25) is 0 Å². The SMILES string of the molecule is CCc1ccc(C(=O)C(F)C(=O)OC)cc1CC. The molecule has 1 aromatic rings. The molecule has 98 valence electrons. The number of aryl methyl sites for hydroxylation is 2. The summed E-state index contributed by atoms with van der Waals surface area (Å²) in [5.74, 6) is -2.00. The second-order valence-corrected chi connectivity index (χ2v) is 3.94. The van der Waals surface area contributed by atoms with Gasteiger partial charge in [0.15, 0.2) is 0 Å². The maximum Gasteiger partial charge on any atom is 0.348 e. The predicted molar refractivity (Wildman–Crippen MR) is 66.4 cm³/mol. The number of carbonyl (C=O) groups is 2. The van der Waals surface area contributed by atoms with Crippen molar-refractivity contribution in [2.45, 2.75) is 32.9 Å². The molecule has 0 spiro atoms. The minimum atomic E-state index is -2.24. The molecule has 1 rings (SSSR count). The Morgan fingerprint density at radius 2 is 1.83 bits per heavy atom. The van der Waals surface area contributed by atoms with Crippen LogP contribution < -0.4 is 0 Å². The highest BCUT2D eigenvalue weighted by atomic mass is 19.1. The molecule has 0 aliphatic rings. The number of esters is 1. The van der Waals surface area contributed by atoms with E-state index in [0.29, 0.717) is 0 Å². The summed E-state index contributed by atoms with van der Waals surface area (Å²) in [4.78, 5) is 22.7. The van der Waals surface area contributed by atoms with Crippen molar-refractivity contribution in [2.24, 2.45) is 0 Å². The lowest BCUT2D eigenvalue weighted by Crippen LogP contribution is -2.27. The molecule has 3 nitrogen and oxygen atoms in total. The number of benzene rings is 1. The van der Waals surface area contributed by atoms with Gasteiger partial charge >= 0.3 is 5.97 Å². The molecule has 0 amide bonds. The molecule has 4 heteroatoms. The van der Waals surface area contributed by atoms with Crippen LogP contribution in [0.3, 0.4) is 0 Å². The number of hydrogen-bond acceptors (Lipinski definition) is 3. The summed E-state index contributed by atoms with van der Waals surface area (Å²) >= 11 is 0. The monoisotopic (exact) mass is 252 g/mol. The molecular weight excluding hydrogens is 235 g/mol. The van der Waals surface area contributed by atoms with Crippen molar-refractivity contribution >= 4 is 11.8 Å². The number of ether oxygens (including phenoxy) is 1. The number of ketones is 1. The average Bonchev–Trinajstić information content (AvgIpc) is 2.43. The van der Waals surface area contributed by atoms with E-state index in [1.165, 1.54) is 0 Å². The van der Waals surface area contributed by atoms with Gasteiger partial charge in [-0.05, 0) is 30.0 Å². The van der Waals surface area contributed by atoms with Crippen LogP contribution in [0.4, 0.5) is 4.39 Å². The van der Waals surface area contributed by atoms with Gasteiger partial charge in [0.2, 0.25) is 5.78 Å². The number of alkyl halides is 1. The second kappa shape index (κ2) is 6.28. The van der Waals surface area contributed by atoms with E-state index < -0.39 is 17.9 Å². The zero-order chi connectivity index (χ0) is 13.7. The summed E-state index contributed by atoms with van der Waals surface area (Å²) in [6.45, 7) is 3.98. The van der Waals surface area contributed by atoms with Crippen LogP contribution >= 0.6 is 0 Å². The molecule has 1 unspecified atom stereocenters. The maximum atomic E-state index is 13.5. The number of hydrogen-bond donors (Lipinski definition) is 0. The Hall–Kier alpha value is -1.71. The topological polar surface area (TPSA) is 43.4 Å². The molecule has 0 radical (unpaired) electrons. The molecular formula is C14H17FO3. The molecule has 1 aromatic carbocycles. The van der Waals surface area contributed by atoms with E-state index in [9.17, 15) is 14.0 Å². The third-order valence-electron chi connectivity index (χ3n) is 2.89. The third kappa shape index (κ3) is 2.94. The van der Waals surface area contributed by atoms with E-state index in [2.05, 4.69) is 4.74 Å². The third-order valence-corrected chi connectivity index (χ3v) is 2.89. The summed E-state index contributed by atoms with van der Waals surface area (Å²) in [7, 11) is 1.06. The number of halogens is 1. The van der Waals surface area contributed by atoms with E-state index in [1.807, 2.05) is 13.8 Å². The lowest BCUT2D eigenvalue weighted by atomic mass is 9.97. The fourth-order valence-electron chi connectivity index (χ4n) is 1.81. The van der Waals surface area contributed by atoms with Crippen LogP contribution in [0.1, 0.15) is 35.3 Å². The van der Waals surface area contributed by atoms with Gasteiger partial charge in [-0.25, -0.2) is 9.18 Å². The van der Waals surface area contributed by atoms with Crippen molar-refractivity contribution in [3.8, 4) is 0 Å². The van der Waals surface area contributed by atoms with Crippen molar-refractivity contribution < 1.29 is 18.7 Å². The highest BCUT2D eigenvalue weighted by molar-refractivity contribution is 6.11. The van der Waals surface area contributed by atoms with Gasteiger partial charge in [-0.2, -0.15) is 0 Å². The van der Waals surface area contributed by atoms with Crippen LogP contribution in [0.25, 0.3) is 0 Å². The summed E-state index contributed by atoms with van der Waals surface area (Å²) in [5, 5.41) is 0. The second-order valence-electron chi connectivity index (χ2n) is 3.94. The molecule has 1 atom stereocenters. The molecule has 0 aliphatic heterocycles.